The molecule has 1 fully saturated rings. The Kier molecular flexibility index (Phi) is 8.82. The highest BCUT2D eigenvalue weighted by molar-refractivity contribution is 5.85. The number of para-hydroxylation sites is 1. The van der Waals surface area contributed by atoms with E-state index < -0.39 is 0 Å². The Morgan fingerprint density at radius 1 is 1.05 bits per heavy atom. The number of benzene rings is 3. The van der Waals surface area contributed by atoms with Gasteiger partial charge in [-0.25, -0.2) is 14.9 Å². The van der Waals surface area contributed by atoms with Gasteiger partial charge in [-0.15, -0.1) is 0 Å². The Balaban J connectivity index is 0.000000586. The van der Waals surface area contributed by atoms with Crippen LogP contribution in [0.2, 0.25) is 0 Å². The number of rotatable bonds is 9. The van der Waals surface area contributed by atoms with Gasteiger partial charge in [-0.05, 0) is 54.5 Å². The van der Waals surface area contributed by atoms with Gasteiger partial charge in [-0.1, -0.05) is 54.6 Å². The fourth-order valence-corrected chi connectivity index (χ4v) is 4.30. The van der Waals surface area contributed by atoms with Gasteiger partial charge in [0.05, 0.1) is 11.2 Å². The summed E-state index contributed by atoms with van der Waals surface area (Å²) in [7, 11) is 3.38. The summed E-state index contributed by atoms with van der Waals surface area (Å²) >= 11 is 0. The number of carbonyl (C=O) groups excluding carboxylic acids is 1. The first-order valence-electron chi connectivity index (χ1n) is 12.3. The first-order valence-corrected chi connectivity index (χ1v) is 12.3. The largest absolute Gasteiger partial charge is 0.486 e. The molecular formula is C30H32FN3O3. The van der Waals surface area contributed by atoms with Gasteiger partial charge >= 0.3 is 0 Å². The minimum Gasteiger partial charge on any atom is -0.486 e. The van der Waals surface area contributed by atoms with E-state index >= 15 is 0 Å². The minimum absolute atomic E-state index is 0.250. The van der Waals surface area contributed by atoms with Crippen LogP contribution in [-0.2, 0) is 17.8 Å². The van der Waals surface area contributed by atoms with Crippen molar-refractivity contribution in [3.05, 3.63) is 95.8 Å². The van der Waals surface area contributed by atoms with Crippen LogP contribution < -0.4 is 10.2 Å². The third-order valence-electron chi connectivity index (χ3n) is 6.38. The molecule has 2 unspecified atom stereocenters. The van der Waals surface area contributed by atoms with Crippen molar-refractivity contribution in [3.8, 4) is 17.0 Å². The fraction of sp³-hybridized carbons (Fsp3) is 0.267. The molecule has 0 spiro atoms. The van der Waals surface area contributed by atoms with Gasteiger partial charge in [-0.2, -0.15) is 0 Å². The van der Waals surface area contributed by atoms with Crippen LogP contribution in [0.1, 0.15) is 17.5 Å². The zero-order chi connectivity index (χ0) is 26.2. The zero-order valence-corrected chi connectivity index (χ0v) is 21.1. The molecule has 192 valence electrons. The van der Waals surface area contributed by atoms with Crippen molar-refractivity contribution in [1.82, 2.24) is 15.4 Å². The molecule has 1 heterocycles. The molecule has 37 heavy (non-hydrogen) atoms. The van der Waals surface area contributed by atoms with Crippen LogP contribution in [0.3, 0.4) is 0 Å². The number of nitrogens with one attached hydrogen (secondary N) is 1. The Hall–Kier alpha value is -3.81. The van der Waals surface area contributed by atoms with Crippen molar-refractivity contribution in [2.24, 2.45) is 11.8 Å². The number of carbonyl (C=O) groups is 1. The van der Waals surface area contributed by atoms with Crippen LogP contribution >= 0.6 is 0 Å². The quantitative estimate of drug-likeness (QED) is 0.235. The number of amides is 1. The predicted octanol–water partition coefficient (Wildman–Crippen LogP) is 5.48. The molecular weight excluding hydrogens is 469 g/mol. The molecule has 0 aliphatic heterocycles. The topological polar surface area (TPSA) is 74.7 Å². The average Bonchev–Trinajstić information content (AvgIpc) is 3.65. The number of pyridine rings is 1. The van der Waals surface area contributed by atoms with Gasteiger partial charge in [0.15, 0.2) is 11.6 Å². The van der Waals surface area contributed by atoms with Gasteiger partial charge in [0.25, 0.3) is 0 Å². The Morgan fingerprint density at radius 2 is 1.78 bits per heavy atom. The van der Waals surface area contributed by atoms with Gasteiger partial charge in [0.1, 0.15) is 6.61 Å². The number of ether oxygens (including phenoxy) is 1. The van der Waals surface area contributed by atoms with E-state index in [4.69, 9.17) is 14.9 Å². The average molecular weight is 502 g/mol. The molecule has 2 atom stereocenters. The molecule has 4 aromatic rings. The SMILES string of the molecule is CN(C)C=O.ONCC1CC1Cc1ccc(OCc2cc(-c3ccccc3)nc3ccccc23)c(F)c1. The monoisotopic (exact) mass is 501 g/mol. The van der Waals surface area contributed by atoms with Gasteiger partial charge in [0.2, 0.25) is 6.41 Å². The van der Waals surface area contributed by atoms with Crippen LogP contribution in [0.5, 0.6) is 5.75 Å². The molecule has 0 radical (unpaired) electrons. The van der Waals surface area contributed by atoms with Crippen LogP contribution in [0.25, 0.3) is 22.2 Å². The number of fused-ring (bicyclic) bond motifs is 1. The highest BCUT2D eigenvalue weighted by Crippen LogP contribution is 2.40. The lowest BCUT2D eigenvalue weighted by atomic mass is 10.0. The number of hydrogen-bond acceptors (Lipinski definition) is 5. The first-order chi connectivity index (χ1) is 18.0. The van der Waals surface area contributed by atoms with E-state index in [1.54, 1.807) is 26.2 Å². The van der Waals surface area contributed by atoms with E-state index in [0.29, 0.717) is 18.4 Å². The lowest BCUT2D eigenvalue weighted by Gasteiger charge is -2.12. The summed E-state index contributed by atoms with van der Waals surface area (Å²) in [5, 5.41) is 9.81. The molecule has 5 rings (SSSR count). The van der Waals surface area contributed by atoms with Crippen LogP contribution in [0.4, 0.5) is 4.39 Å². The molecule has 3 aromatic carbocycles. The van der Waals surface area contributed by atoms with Crippen molar-refractivity contribution in [2.45, 2.75) is 19.4 Å². The molecule has 7 heteroatoms. The standard InChI is InChI=1S/C27H25FN2O2.C3H7NO/c28-24-13-18(12-20-14-21(20)16-29-31)10-11-27(24)32-17-22-15-26(19-6-2-1-3-7-19)30-25-9-5-4-8-23(22)25;1-4(2)3-5/h1-11,13,15,20-21,29,31H,12,14,16-17H2;3H,1-2H3. The number of halogens is 1. The summed E-state index contributed by atoms with van der Waals surface area (Å²) in [5.74, 6) is 0.875. The van der Waals surface area contributed by atoms with E-state index in [1.807, 2.05) is 66.7 Å². The molecule has 1 saturated carbocycles. The number of aromatic nitrogens is 1. The van der Waals surface area contributed by atoms with Crippen LogP contribution in [0.15, 0.2) is 78.9 Å². The van der Waals surface area contributed by atoms with E-state index in [9.17, 15) is 9.18 Å². The number of nitrogens with zero attached hydrogens (tertiary/aromatic N) is 2. The maximum absolute atomic E-state index is 14.7. The molecule has 6 nitrogen and oxygen atoms in total. The van der Waals surface area contributed by atoms with Crippen molar-refractivity contribution >= 4 is 17.3 Å². The highest BCUT2D eigenvalue weighted by atomic mass is 19.1. The Morgan fingerprint density at radius 3 is 2.49 bits per heavy atom. The Bertz CT molecular complexity index is 1330. The number of hydroxylamine groups is 1. The van der Waals surface area contributed by atoms with Crippen molar-refractivity contribution in [1.29, 1.82) is 0 Å². The van der Waals surface area contributed by atoms with E-state index in [-0.39, 0.29) is 18.2 Å². The van der Waals surface area contributed by atoms with E-state index in [2.05, 4.69) is 5.48 Å². The highest BCUT2D eigenvalue weighted by Gasteiger charge is 2.36. The number of hydrogen-bond donors (Lipinski definition) is 2. The predicted molar refractivity (Wildman–Crippen MR) is 143 cm³/mol. The summed E-state index contributed by atoms with van der Waals surface area (Å²) in [6, 6.07) is 25.2. The first kappa shape index (κ1) is 26.3. The third kappa shape index (κ3) is 7.12. The smallest absolute Gasteiger partial charge is 0.209 e. The molecule has 1 amide bonds. The molecule has 1 aromatic heterocycles. The summed E-state index contributed by atoms with van der Waals surface area (Å²) in [4.78, 5) is 15.7. The van der Waals surface area contributed by atoms with Gasteiger partial charge < -0.3 is 14.8 Å². The van der Waals surface area contributed by atoms with Crippen molar-refractivity contribution < 1.29 is 19.1 Å². The lowest BCUT2D eigenvalue weighted by Crippen LogP contribution is -2.11. The molecule has 1 aliphatic carbocycles. The van der Waals surface area contributed by atoms with Gasteiger partial charge in [0, 0.05) is 37.2 Å². The maximum atomic E-state index is 14.7. The van der Waals surface area contributed by atoms with Gasteiger partial charge in [-0.3, -0.25) is 4.79 Å². The summed E-state index contributed by atoms with van der Waals surface area (Å²) < 4.78 is 20.6. The summed E-state index contributed by atoms with van der Waals surface area (Å²) in [6.07, 6.45) is 2.63. The molecule has 0 bridgehead atoms. The van der Waals surface area contributed by atoms with E-state index in [1.165, 1.54) is 4.90 Å². The maximum Gasteiger partial charge on any atom is 0.209 e. The second kappa shape index (κ2) is 12.4. The van der Waals surface area contributed by atoms with Crippen LogP contribution in [-0.4, -0.2) is 42.1 Å². The summed E-state index contributed by atoms with van der Waals surface area (Å²) in [6.45, 7) is 0.852. The second-order valence-corrected chi connectivity index (χ2v) is 9.49. The molecule has 0 saturated heterocycles. The zero-order valence-electron chi connectivity index (χ0n) is 21.1. The normalized spacial score (nSPS) is 16.0. The fourth-order valence-electron chi connectivity index (χ4n) is 4.30. The Labute approximate surface area is 216 Å². The minimum atomic E-state index is -0.346. The van der Waals surface area contributed by atoms with Crippen LogP contribution in [0, 0.1) is 17.7 Å². The van der Waals surface area contributed by atoms with E-state index in [0.717, 1.165) is 52.5 Å². The lowest BCUT2D eigenvalue weighted by molar-refractivity contribution is -0.115. The summed E-state index contributed by atoms with van der Waals surface area (Å²) in [5.41, 5.74) is 6.94. The molecule has 2 N–H and O–H groups in total. The molecule has 1 aliphatic rings. The van der Waals surface area contributed by atoms with Crippen molar-refractivity contribution in [3.63, 3.8) is 0 Å². The third-order valence-corrected chi connectivity index (χ3v) is 6.38. The second-order valence-electron chi connectivity index (χ2n) is 9.49. The van der Waals surface area contributed by atoms with Crippen molar-refractivity contribution in [2.75, 3.05) is 20.6 Å².